The minimum Gasteiger partial charge on any atom is -0.493 e. The lowest BCUT2D eigenvalue weighted by Crippen LogP contribution is -2.26. The Hall–Kier alpha value is -1.94. The van der Waals surface area contributed by atoms with Crippen LogP contribution in [0.2, 0.25) is 0 Å². The maximum absolute atomic E-state index is 11.9. The Balaban J connectivity index is 1.66. The highest BCUT2D eigenvalue weighted by Gasteiger charge is 2.05. The second-order valence-electron chi connectivity index (χ2n) is 5.51. The van der Waals surface area contributed by atoms with Crippen LogP contribution in [-0.2, 0) is 11.2 Å². The van der Waals surface area contributed by atoms with Crippen molar-refractivity contribution < 1.29 is 9.53 Å². The van der Waals surface area contributed by atoms with E-state index in [0.717, 1.165) is 36.5 Å². The largest absolute Gasteiger partial charge is 0.493 e. The Kier molecular flexibility index (Phi) is 8.25. The fraction of sp³-hybridized carbons (Fsp3) is 0.350. The first-order valence-corrected chi connectivity index (χ1v) is 9.43. The molecule has 0 saturated heterocycles. The maximum atomic E-state index is 11.9. The molecule has 0 fully saturated rings. The van der Waals surface area contributed by atoms with Crippen LogP contribution in [0.4, 0.5) is 0 Å². The van der Waals surface area contributed by atoms with Gasteiger partial charge in [0.05, 0.1) is 12.4 Å². The van der Waals surface area contributed by atoms with Crippen molar-refractivity contribution in [3.05, 3.63) is 60.2 Å². The zero-order valence-electron chi connectivity index (χ0n) is 14.2. The molecule has 1 amide bonds. The molecule has 0 atom stereocenters. The zero-order chi connectivity index (χ0) is 17.0. The molecule has 0 aliphatic carbocycles. The average Bonchev–Trinajstić information content (AvgIpc) is 2.63. The molecule has 1 N–H and O–H groups in total. The third-order valence-electron chi connectivity index (χ3n) is 3.49. The van der Waals surface area contributed by atoms with Crippen molar-refractivity contribution >= 4 is 17.7 Å². The molecule has 0 heterocycles. The molecule has 2 aromatic carbocycles. The summed E-state index contributed by atoms with van der Waals surface area (Å²) in [5.74, 6) is 1.50. The monoisotopic (exact) mass is 343 g/mol. The van der Waals surface area contributed by atoms with E-state index in [4.69, 9.17) is 4.74 Å². The van der Waals surface area contributed by atoms with Gasteiger partial charge >= 0.3 is 0 Å². The van der Waals surface area contributed by atoms with Gasteiger partial charge in [-0.05, 0) is 43.0 Å². The van der Waals surface area contributed by atoms with Gasteiger partial charge in [-0.1, -0.05) is 43.3 Å². The van der Waals surface area contributed by atoms with Crippen molar-refractivity contribution in [2.24, 2.45) is 0 Å². The number of hydrogen-bond donors (Lipinski definition) is 1. The smallest absolute Gasteiger partial charge is 0.230 e. The highest BCUT2D eigenvalue weighted by Crippen LogP contribution is 2.19. The molecule has 128 valence electrons. The summed E-state index contributed by atoms with van der Waals surface area (Å²) in [6.07, 6.45) is 2.82. The van der Waals surface area contributed by atoms with Gasteiger partial charge < -0.3 is 10.1 Å². The van der Waals surface area contributed by atoms with Gasteiger partial charge in [-0.2, -0.15) is 0 Å². The lowest BCUT2D eigenvalue weighted by Gasteiger charge is -2.11. The molecule has 2 aromatic rings. The molecule has 0 aliphatic rings. The molecule has 0 unspecified atom stereocenters. The summed E-state index contributed by atoms with van der Waals surface area (Å²) in [5.41, 5.74) is 1.21. The molecule has 24 heavy (non-hydrogen) atoms. The number of thioether (sulfide) groups is 1. The minimum absolute atomic E-state index is 0.0828. The highest BCUT2D eigenvalue weighted by atomic mass is 32.2. The minimum atomic E-state index is 0.0828. The van der Waals surface area contributed by atoms with E-state index < -0.39 is 0 Å². The van der Waals surface area contributed by atoms with Crippen molar-refractivity contribution in [1.82, 2.24) is 5.32 Å². The number of ether oxygens (including phenoxy) is 1. The third-order valence-corrected chi connectivity index (χ3v) is 4.50. The molecule has 0 bridgehead atoms. The summed E-state index contributed by atoms with van der Waals surface area (Å²) < 4.78 is 5.76. The number of nitrogens with one attached hydrogen (secondary N) is 1. The second kappa shape index (κ2) is 10.8. The quantitative estimate of drug-likeness (QED) is 0.516. The number of carbonyl (C=O) groups excluding carboxylic acids is 1. The number of para-hydroxylation sites is 1. The van der Waals surface area contributed by atoms with E-state index in [0.29, 0.717) is 12.3 Å². The third kappa shape index (κ3) is 6.67. The lowest BCUT2D eigenvalue weighted by molar-refractivity contribution is -0.118. The Morgan fingerprint density at radius 2 is 1.83 bits per heavy atom. The van der Waals surface area contributed by atoms with Crippen molar-refractivity contribution in [2.75, 3.05) is 18.9 Å². The molecule has 0 saturated carbocycles. The van der Waals surface area contributed by atoms with Crippen molar-refractivity contribution in [1.29, 1.82) is 0 Å². The fourth-order valence-electron chi connectivity index (χ4n) is 2.29. The lowest BCUT2D eigenvalue weighted by atomic mass is 10.1. The fourth-order valence-corrected chi connectivity index (χ4v) is 3.04. The SMILES string of the molecule is CCCOc1ccccc1CCCNC(=O)CSc1ccccc1. The summed E-state index contributed by atoms with van der Waals surface area (Å²) in [6.45, 7) is 3.53. The van der Waals surface area contributed by atoms with Gasteiger partial charge in [0.1, 0.15) is 5.75 Å². The van der Waals surface area contributed by atoms with E-state index in [1.807, 2.05) is 48.5 Å². The molecular weight excluding hydrogens is 318 g/mol. The number of rotatable bonds is 10. The first-order valence-electron chi connectivity index (χ1n) is 8.45. The highest BCUT2D eigenvalue weighted by molar-refractivity contribution is 8.00. The van der Waals surface area contributed by atoms with Crippen LogP contribution < -0.4 is 10.1 Å². The normalized spacial score (nSPS) is 10.4. The molecule has 0 radical (unpaired) electrons. The van der Waals surface area contributed by atoms with Crippen LogP contribution in [0.3, 0.4) is 0 Å². The van der Waals surface area contributed by atoms with Crippen LogP contribution in [0, 0.1) is 0 Å². The van der Waals surface area contributed by atoms with Crippen LogP contribution in [0.15, 0.2) is 59.5 Å². The van der Waals surface area contributed by atoms with Crippen molar-refractivity contribution in [2.45, 2.75) is 31.1 Å². The number of carbonyl (C=O) groups is 1. The molecule has 3 nitrogen and oxygen atoms in total. The number of amides is 1. The Labute approximate surface area is 148 Å². The zero-order valence-corrected chi connectivity index (χ0v) is 15.0. The molecule has 0 aromatic heterocycles. The Morgan fingerprint density at radius 3 is 2.62 bits per heavy atom. The molecule has 0 spiro atoms. The van der Waals surface area contributed by atoms with Gasteiger partial charge in [0.25, 0.3) is 0 Å². The predicted molar refractivity (Wildman–Crippen MR) is 101 cm³/mol. The summed E-state index contributed by atoms with van der Waals surface area (Å²) >= 11 is 1.56. The van der Waals surface area contributed by atoms with Gasteiger partial charge in [-0.25, -0.2) is 0 Å². The average molecular weight is 343 g/mol. The van der Waals surface area contributed by atoms with E-state index in [1.165, 1.54) is 5.56 Å². The van der Waals surface area contributed by atoms with E-state index >= 15 is 0 Å². The Morgan fingerprint density at radius 1 is 1.08 bits per heavy atom. The number of aryl methyl sites for hydroxylation is 1. The standard InChI is InChI=1S/C20H25NO2S/c1-2-15-23-19-13-7-6-9-17(19)10-8-14-21-20(22)16-24-18-11-4-3-5-12-18/h3-7,9,11-13H,2,8,10,14-16H2,1H3,(H,21,22). The Bertz CT molecular complexity index is 616. The predicted octanol–water partition coefficient (Wildman–Crippen LogP) is 4.32. The van der Waals surface area contributed by atoms with Crippen LogP contribution in [-0.4, -0.2) is 24.8 Å². The first-order chi connectivity index (χ1) is 11.8. The van der Waals surface area contributed by atoms with Gasteiger partial charge in [0.2, 0.25) is 5.91 Å². The number of hydrogen-bond acceptors (Lipinski definition) is 3. The van der Waals surface area contributed by atoms with E-state index in [1.54, 1.807) is 11.8 Å². The van der Waals surface area contributed by atoms with Crippen LogP contribution >= 0.6 is 11.8 Å². The summed E-state index contributed by atoms with van der Waals surface area (Å²) in [4.78, 5) is 13.0. The van der Waals surface area contributed by atoms with Crippen LogP contribution in [0.25, 0.3) is 0 Å². The van der Waals surface area contributed by atoms with Gasteiger partial charge in [0, 0.05) is 11.4 Å². The molecular formula is C20H25NO2S. The van der Waals surface area contributed by atoms with E-state index in [9.17, 15) is 4.79 Å². The van der Waals surface area contributed by atoms with E-state index in [2.05, 4.69) is 18.3 Å². The van der Waals surface area contributed by atoms with Gasteiger partial charge in [-0.3, -0.25) is 4.79 Å². The summed E-state index contributed by atoms with van der Waals surface area (Å²) in [5, 5.41) is 2.99. The van der Waals surface area contributed by atoms with E-state index in [-0.39, 0.29) is 5.91 Å². The second-order valence-corrected chi connectivity index (χ2v) is 6.56. The van der Waals surface area contributed by atoms with Crippen LogP contribution in [0.1, 0.15) is 25.3 Å². The molecule has 0 aliphatic heterocycles. The molecule has 4 heteroatoms. The first kappa shape index (κ1) is 18.4. The van der Waals surface area contributed by atoms with Gasteiger partial charge in [0.15, 0.2) is 0 Å². The van der Waals surface area contributed by atoms with Crippen molar-refractivity contribution in [3.8, 4) is 5.75 Å². The van der Waals surface area contributed by atoms with Crippen LogP contribution in [0.5, 0.6) is 5.75 Å². The molecule has 2 rings (SSSR count). The number of benzene rings is 2. The summed E-state index contributed by atoms with van der Waals surface area (Å²) in [7, 11) is 0. The topological polar surface area (TPSA) is 38.3 Å². The summed E-state index contributed by atoms with van der Waals surface area (Å²) in [6, 6.07) is 18.1. The van der Waals surface area contributed by atoms with Crippen molar-refractivity contribution in [3.63, 3.8) is 0 Å². The van der Waals surface area contributed by atoms with Gasteiger partial charge in [-0.15, -0.1) is 11.8 Å². The maximum Gasteiger partial charge on any atom is 0.230 e.